The summed E-state index contributed by atoms with van der Waals surface area (Å²) in [7, 11) is 1.44. The van der Waals surface area contributed by atoms with Crippen molar-refractivity contribution >= 4 is 44.8 Å². The highest BCUT2D eigenvalue weighted by molar-refractivity contribution is 9.10. The maximum Gasteiger partial charge on any atom is 0.335 e. The maximum atomic E-state index is 11.0. The Hall–Kier alpha value is -1.24. The number of rotatable bonds is 5. The van der Waals surface area contributed by atoms with Crippen LogP contribution in [0, 0.1) is 0 Å². The van der Waals surface area contributed by atoms with E-state index >= 15 is 0 Å². The van der Waals surface area contributed by atoms with Gasteiger partial charge in [0.1, 0.15) is 6.61 Å². The highest BCUT2D eigenvalue weighted by Crippen LogP contribution is 2.37. The van der Waals surface area contributed by atoms with Gasteiger partial charge in [-0.2, -0.15) is 0 Å². The third kappa shape index (κ3) is 3.26. The second-order valence-corrected chi connectivity index (χ2v) is 6.04. The summed E-state index contributed by atoms with van der Waals surface area (Å²) in [6.07, 6.45) is 0. The van der Waals surface area contributed by atoms with Crippen LogP contribution >= 0.6 is 38.9 Å². The van der Waals surface area contributed by atoms with Crippen LogP contribution in [0.15, 0.2) is 28.1 Å². The molecule has 0 bridgehead atoms. The van der Waals surface area contributed by atoms with Gasteiger partial charge in [0, 0.05) is 4.47 Å². The minimum atomic E-state index is -1.07. The molecule has 1 aromatic carbocycles. The van der Waals surface area contributed by atoms with E-state index in [-0.39, 0.29) is 10.6 Å². The molecule has 1 aromatic heterocycles. The number of halogens is 2. The molecule has 0 radical (unpaired) electrons. The summed E-state index contributed by atoms with van der Waals surface area (Å²) in [6.45, 7) is 0.320. The van der Waals surface area contributed by atoms with Crippen molar-refractivity contribution in [3.63, 3.8) is 0 Å². The van der Waals surface area contributed by atoms with E-state index in [9.17, 15) is 4.79 Å². The van der Waals surface area contributed by atoms with Crippen molar-refractivity contribution in [3.8, 4) is 11.5 Å². The number of hydrogen-bond donors (Lipinski definition) is 1. The lowest BCUT2D eigenvalue weighted by Crippen LogP contribution is -2.01. The Morgan fingerprint density at radius 2 is 2.25 bits per heavy atom. The predicted octanol–water partition coefficient (Wildman–Crippen LogP) is 4.45. The number of carboxylic acid groups (broad SMARTS) is 1. The molecule has 0 aliphatic carbocycles. The number of methoxy groups -OCH3 is 1. The van der Waals surface area contributed by atoms with Gasteiger partial charge in [-0.25, -0.2) is 4.79 Å². The van der Waals surface area contributed by atoms with Crippen LogP contribution < -0.4 is 9.47 Å². The molecule has 1 heterocycles. The van der Waals surface area contributed by atoms with Crippen LogP contribution in [0.2, 0.25) is 5.02 Å². The van der Waals surface area contributed by atoms with Gasteiger partial charge in [0.15, 0.2) is 11.5 Å². The summed E-state index contributed by atoms with van der Waals surface area (Å²) in [5.41, 5.74) is 0.0523. The molecule has 0 aliphatic rings. The standard InChI is InChI=1S/C13H10BrClO4S/c1-18-10-5-7(13(16)17)4-9(15)12(10)19-6-11-8(14)2-3-20-11/h2-5H,6H2,1H3,(H,16,17). The van der Waals surface area contributed by atoms with Crippen LogP contribution in [0.3, 0.4) is 0 Å². The number of carbonyl (C=O) groups is 1. The van der Waals surface area contributed by atoms with Crippen LogP contribution in [-0.4, -0.2) is 18.2 Å². The van der Waals surface area contributed by atoms with Crippen molar-refractivity contribution in [3.05, 3.63) is 43.5 Å². The van der Waals surface area contributed by atoms with Crippen molar-refractivity contribution in [1.29, 1.82) is 0 Å². The molecule has 7 heteroatoms. The Balaban J connectivity index is 2.27. The van der Waals surface area contributed by atoms with Gasteiger partial charge in [-0.3, -0.25) is 0 Å². The number of benzene rings is 1. The third-order valence-corrected chi connectivity index (χ3v) is 4.70. The molecule has 0 aliphatic heterocycles. The molecule has 20 heavy (non-hydrogen) atoms. The third-order valence-electron chi connectivity index (χ3n) is 2.52. The molecular weight excluding hydrogens is 368 g/mol. The van der Waals surface area contributed by atoms with E-state index in [1.807, 2.05) is 11.4 Å². The van der Waals surface area contributed by atoms with Gasteiger partial charge in [0.2, 0.25) is 0 Å². The fourth-order valence-corrected chi connectivity index (χ4v) is 3.19. The fourth-order valence-electron chi connectivity index (χ4n) is 1.55. The minimum absolute atomic E-state index is 0.0523. The Labute approximate surface area is 133 Å². The van der Waals surface area contributed by atoms with Crippen LogP contribution in [-0.2, 0) is 6.61 Å². The molecule has 1 N–H and O–H groups in total. The van der Waals surface area contributed by atoms with Crippen molar-refractivity contribution < 1.29 is 19.4 Å². The molecule has 0 unspecified atom stereocenters. The lowest BCUT2D eigenvalue weighted by molar-refractivity contribution is 0.0696. The van der Waals surface area contributed by atoms with Crippen molar-refractivity contribution in [2.45, 2.75) is 6.61 Å². The SMILES string of the molecule is COc1cc(C(=O)O)cc(Cl)c1OCc1sccc1Br. The summed E-state index contributed by atoms with van der Waals surface area (Å²) in [4.78, 5) is 12.0. The van der Waals surface area contributed by atoms with Crippen molar-refractivity contribution in [2.75, 3.05) is 7.11 Å². The van der Waals surface area contributed by atoms with E-state index in [0.29, 0.717) is 18.1 Å². The van der Waals surface area contributed by atoms with Crippen LogP contribution in [0.4, 0.5) is 0 Å². The zero-order valence-electron chi connectivity index (χ0n) is 10.4. The molecule has 0 fully saturated rings. The average Bonchev–Trinajstić information content (AvgIpc) is 2.82. The van der Waals surface area contributed by atoms with Gasteiger partial charge in [0.25, 0.3) is 0 Å². The molecule has 0 spiro atoms. The molecule has 2 rings (SSSR count). The quantitative estimate of drug-likeness (QED) is 0.836. The second-order valence-electron chi connectivity index (χ2n) is 3.77. The molecule has 106 valence electrons. The highest BCUT2D eigenvalue weighted by atomic mass is 79.9. The lowest BCUT2D eigenvalue weighted by atomic mass is 10.2. The van der Waals surface area contributed by atoms with E-state index < -0.39 is 5.97 Å². The number of aromatic carboxylic acids is 1. The second kappa shape index (κ2) is 6.47. The zero-order chi connectivity index (χ0) is 14.7. The van der Waals surface area contributed by atoms with E-state index in [2.05, 4.69) is 15.9 Å². The van der Waals surface area contributed by atoms with Crippen LogP contribution in [0.25, 0.3) is 0 Å². The minimum Gasteiger partial charge on any atom is -0.493 e. The van der Waals surface area contributed by atoms with Crippen LogP contribution in [0.1, 0.15) is 15.2 Å². The molecular formula is C13H10BrClO4S. The average molecular weight is 378 g/mol. The molecule has 0 saturated heterocycles. The first-order valence-corrected chi connectivity index (χ1v) is 7.53. The molecule has 4 nitrogen and oxygen atoms in total. The van der Waals surface area contributed by atoms with E-state index in [0.717, 1.165) is 9.35 Å². The normalized spacial score (nSPS) is 10.3. The molecule has 0 atom stereocenters. The van der Waals surface area contributed by atoms with Gasteiger partial charge >= 0.3 is 5.97 Å². The Kier molecular flexibility index (Phi) is 4.91. The van der Waals surface area contributed by atoms with Gasteiger partial charge in [-0.05, 0) is 39.5 Å². The number of ether oxygens (including phenoxy) is 2. The first-order chi connectivity index (χ1) is 9.52. The molecule has 2 aromatic rings. The monoisotopic (exact) mass is 376 g/mol. The summed E-state index contributed by atoms with van der Waals surface area (Å²) < 4.78 is 11.7. The lowest BCUT2D eigenvalue weighted by Gasteiger charge is -2.12. The summed E-state index contributed by atoms with van der Waals surface area (Å²) in [5, 5.41) is 11.1. The maximum absolute atomic E-state index is 11.0. The molecule has 0 saturated carbocycles. The summed E-state index contributed by atoms with van der Waals surface area (Å²) in [6, 6.07) is 4.65. The largest absolute Gasteiger partial charge is 0.493 e. The number of carboxylic acids is 1. The van der Waals surface area contributed by atoms with Gasteiger partial charge in [0.05, 0.1) is 22.6 Å². The Morgan fingerprint density at radius 3 is 2.80 bits per heavy atom. The number of hydrogen-bond acceptors (Lipinski definition) is 4. The van der Waals surface area contributed by atoms with Crippen molar-refractivity contribution in [1.82, 2.24) is 0 Å². The van der Waals surface area contributed by atoms with Gasteiger partial charge in [-0.1, -0.05) is 11.6 Å². The first kappa shape index (κ1) is 15.2. The first-order valence-electron chi connectivity index (χ1n) is 5.48. The van der Waals surface area contributed by atoms with Crippen molar-refractivity contribution in [2.24, 2.45) is 0 Å². The van der Waals surface area contributed by atoms with E-state index in [4.69, 9.17) is 26.2 Å². The Morgan fingerprint density at radius 1 is 1.50 bits per heavy atom. The van der Waals surface area contributed by atoms with E-state index in [1.54, 1.807) is 11.3 Å². The smallest absolute Gasteiger partial charge is 0.335 e. The molecule has 0 amide bonds. The summed E-state index contributed by atoms with van der Waals surface area (Å²) >= 11 is 11.0. The topological polar surface area (TPSA) is 55.8 Å². The van der Waals surface area contributed by atoms with Crippen LogP contribution in [0.5, 0.6) is 11.5 Å². The highest BCUT2D eigenvalue weighted by Gasteiger charge is 2.16. The Bertz CT molecular complexity index is 641. The zero-order valence-corrected chi connectivity index (χ0v) is 13.5. The summed E-state index contributed by atoms with van der Waals surface area (Å²) in [5.74, 6) is -0.445. The van der Waals surface area contributed by atoms with Gasteiger partial charge in [-0.15, -0.1) is 11.3 Å². The number of thiophene rings is 1. The van der Waals surface area contributed by atoms with E-state index in [1.165, 1.54) is 19.2 Å². The fraction of sp³-hybridized carbons (Fsp3) is 0.154. The van der Waals surface area contributed by atoms with Gasteiger partial charge < -0.3 is 14.6 Å². The predicted molar refractivity (Wildman–Crippen MR) is 81.3 cm³/mol.